The molecule has 7 heteroatoms. The molecule has 0 aromatic carbocycles. The quantitative estimate of drug-likeness (QED) is 0.119. The highest BCUT2D eigenvalue weighted by atomic mass is 31.2. The lowest BCUT2D eigenvalue weighted by molar-refractivity contribution is -0.858. The first-order valence-electron chi connectivity index (χ1n) is 13.7. The molecule has 0 saturated heterocycles. The first kappa shape index (κ1) is 32.7. The molecule has 0 aliphatic heterocycles. The van der Waals surface area contributed by atoms with Gasteiger partial charge in [0.05, 0.1) is 20.7 Å². The summed E-state index contributed by atoms with van der Waals surface area (Å²) in [5.41, 5.74) is 0. The van der Waals surface area contributed by atoms with E-state index in [4.69, 9.17) is 9.05 Å². The second-order valence-electron chi connectivity index (χ2n) is 10.1. The molecule has 2 unspecified atom stereocenters. The summed E-state index contributed by atoms with van der Waals surface area (Å²) in [5, 5.41) is 0. The highest BCUT2D eigenvalue weighted by Gasteiger charge is 2.24. The van der Waals surface area contributed by atoms with Gasteiger partial charge in [0, 0.05) is 6.42 Å². The number of quaternary nitrogens is 1. The number of likely N-dealkylation sites (N-methyl/N-ethyl adjacent to an activating group) is 1. The van der Waals surface area contributed by atoms with Gasteiger partial charge in [-0.2, -0.15) is 0 Å². The van der Waals surface area contributed by atoms with Crippen LogP contribution in [0.2, 0.25) is 0 Å². The number of carbonyl (C=O) groups excluding carboxylic acids is 1. The zero-order valence-corrected chi connectivity index (χ0v) is 23.1. The van der Waals surface area contributed by atoms with E-state index in [0.717, 1.165) is 24.2 Å². The minimum absolute atomic E-state index is 0.0204. The van der Waals surface area contributed by atoms with Crippen molar-refractivity contribution in [2.24, 2.45) is 5.92 Å². The van der Waals surface area contributed by atoms with Crippen LogP contribution in [0.3, 0.4) is 0 Å². The monoisotopic (exact) mass is 492 g/mol. The van der Waals surface area contributed by atoms with Gasteiger partial charge in [0.15, 0.2) is 0 Å². The van der Waals surface area contributed by atoms with Crippen LogP contribution in [0.5, 0.6) is 0 Å². The number of phosphoric ester groups is 1. The predicted molar refractivity (Wildman–Crippen MR) is 138 cm³/mol. The van der Waals surface area contributed by atoms with E-state index in [0.29, 0.717) is 13.0 Å². The van der Waals surface area contributed by atoms with Crippen LogP contribution in [-0.2, 0) is 18.4 Å². The number of ketones is 1. The number of phosphoric acid groups is 1. The Morgan fingerprint density at radius 2 is 1.27 bits per heavy atom. The molecule has 2 N–H and O–H groups in total. The zero-order valence-electron chi connectivity index (χ0n) is 22.2. The van der Waals surface area contributed by atoms with Gasteiger partial charge in [0.1, 0.15) is 18.9 Å². The molecule has 0 aromatic rings. The summed E-state index contributed by atoms with van der Waals surface area (Å²) in [5.74, 6) is 0.0717. The van der Waals surface area contributed by atoms with Gasteiger partial charge >= 0.3 is 7.82 Å². The Hall–Kier alpha value is -0.260. The molecule has 6 nitrogen and oxygen atoms in total. The summed E-state index contributed by atoms with van der Waals surface area (Å²) in [6.07, 6.45) is 21.1. The van der Waals surface area contributed by atoms with Gasteiger partial charge in [0.25, 0.3) is 0 Å². The molecule has 0 aliphatic rings. The van der Waals surface area contributed by atoms with Crippen molar-refractivity contribution >= 4 is 13.6 Å². The highest BCUT2D eigenvalue weighted by Crippen LogP contribution is 2.43. The fraction of sp³-hybridized carbons (Fsp3) is 0.962. The number of hydrogen-bond donors (Lipinski definition) is 2. The van der Waals surface area contributed by atoms with E-state index >= 15 is 0 Å². The third-order valence-electron chi connectivity index (χ3n) is 6.12. The molecular formula is C26H55NO5P+. The average molecular weight is 493 g/mol. The Morgan fingerprint density at radius 3 is 1.70 bits per heavy atom. The summed E-state index contributed by atoms with van der Waals surface area (Å²) < 4.78 is 22.2. The lowest BCUT2D eigenvalue weighted by Crippen LogP contribution is -3.06. The number of nitrogens with one attached hydrogen (secondary N) is 1. The maximum Gasteiger partial charge on any atom is 0.472 e. The number of carbonyl (C=O) groups is 1. The van der Waals surface area contributed by atoms with Crippen molar-refractivity contribution in [3.63, 3.8) is 0 Å². The van der Waals surface area contributed by atoms with Crippen LogP contribution >= 0.6 is 7.82 Å². The first-order valence-corrected chi connectivity index (χ1v) is 15.2. The minimum atomic E-state index is -4.05. The van der Waals surface area contributed by atoms with E-state index in [1.54, 1.807) is 6.92 Å². The Balaban J connectivity index is 3.75. The fourth-order valence-electron chi connectivity index (χ4n) is 4.06. The van der Waals surface area contributed by atoms with Crippen molar-refractivity contribution in [2.45, 2.75) is 123 Å². The fourth-order valence-corrected chi connectivity index (χ4v) is 4.85. The molecule has 0 aromatic heterocycles. The second kappa shape index (κ2) is 22.2. The van der Waals surface area contributed by atoms with Crippen molar-refractivity contribution in [1.82, 2.24) is 0 Å². The van der Waals surface area contributed by atoms with E-state index in [1.165, 1.54) is 83.5 Å². The van der Waals surface area contributed by atoms with Crippen LogP contribution in [0, 0.1) is 5.92 Å². The molecular weight excluding hydrogens is 437 g/mol. The van der Waals surface area contributed by atoms with E-state index in [1.807, 2.05) is 14.1 Å². The van der Waals surface area contributed by atoms with E-state index in [2.05, 4.69) is 6.92 Å². The summed E-state index contributed by atoms with van der Waals surface area (Å²) in [4.78, 5) is 22.5. The summed E-state index contributed by atoms with van der Waals surface area (Å²) in [6.45, 7) is 4.73. The molecule has 0 radical (unpaired) electrons. The van der Waals surface area contributed by atoms with Gasteiger partial charge in [-0.05, 0) is 19.3 Å². The number of Topliss-reactive ketones (excluding diaryl/α,β-unsaturated/α-hetero) is 1. The van der Waals surface area contributed by atoms with Gasteiger partial charge in [0.2, 0.25) is 0 Å². The van der Waals surface area contributed by atoms with Crippen molar-refractivity contribution in [3.05, 3.63) is 0 Å². The summed E-state index contributed by atoms with van der Waals surface area (Å²) in [6, 6.07) is 0. The molecule has 0 bridgehead atoms. The maximum absolute atomic E-state index is 12.0. The maximum atomic E-state index is 12.0. The lowest BCUT2D eigenvalue weighted by Gasteiger charge is -2.18. The first-order chi connectivity index (χ1) is 15.8. The Labute approximate surface area is 204 Å². The van der Waals surface area contributed by atoms with E-state index in [9.17, 15) is 14.3 Å². The van der Waals surface area contributed by atoms with Crippen LogP contribution in [0.25, 0.3) is 0 Å². The van der Waals surface area contributed by atoms with Gasteiger partial charge in [-0.1, -0.05) is 103 Å². The van der Waals surface area contributed by atoms with Gasteiger partial charge in [-0.3, -0.25) is 9.05 Å². The Bertz CT molecular complexity index is 501. The molecule has 2 atom stereocenters. The average Bonchev–Trinajstić information content (AvgIpc) is 2.74. The topological polar surface area (TPSA) is 77.3 Å². The molecule has 0 spiro atoms. The van der Waals surface area contributed by atoms with Crippen LogP contribution in [-0.4, -0.2) is 44.5 Å². The molecule has 0 aliphatic carbocycles. The predicted octanol–water partition coefficient (Wildman–Crippen LogP) is 6.12. The normalized spacial score (nSPS) is 14.5. The molecule has 0 rings (SSSR count). The number of rotatable bonds is 25. The zero-order chi connectivity index (χ0) is 24.8. The lowest BCUT2D eigenvalue weighted by atomic mass is 9.96. The molecule has 0 heterocycles. The van der Waals surface area contributed by atoms with Crippen molar-refractivity contribution < 1.29 is 28.2 Å². The molecule has 0 saturated carbocycles. The summed E-state index contributed by atoms with van der Waals surface area (Å²) >= 11 is 0. The van der Waals surface area contributed by atoms with Crippen LogP contribution in [0.1, 0.15) is 123 Å². The number of unbranched alkanes of at least 4 members (excludes halogenated alkanes) is 14. The van der Waals surface area contributed by atoms with Crippen LogP contribution in [0.4, 0.5) is 0 Å². The highest BCUT2D eigenvalue weighted by molar-refractivity contribution is 7.47. The van der Waals surface area contributed by atoms with Crippen molar-refractivity contribution in [2.75, 3.05) is 33.9 Å². The molecule has 198 valence electrons. The third kappa shape index (κ3) is 24.7. The number of hydrogen-bond acceptors (Lipinski definition) is 4. The second-order valence-corrected chi connectivity index (χ2v) is 11.5. The van der Waals surface area contributed by atoms with Crippen LogP contribution < -0.4 is 4.90 Å². The Morgan fingerprint density at radius 1 is 0.818 bits per heavy atom. The smallest absolute Gasteiger partial charge is 0.338 e. The molecule has 0 fully saturated rings. The van der Waals surface area contributed by atoms with E-state index in [-0.39, 0.29) is 24.9 Å². The standard InChI is InChI=1S/C26H54NO5P/c1-5-6-7-8-9-10-11-12-13-14-15-16-17-18-19-20-26(23-25(2)28)24-32-33(29,30)31-22-21-27(3)4/h26H,5-24H2,1-4H3,(H,29,30)/p+1. The summed E-state index contributed by atoms with van der Waals surface area (Å²) in [7, 11) is -0.143. The van der Waals surface area contributed by atoms with Gasteiger partial charge in [-0.25, -0.2) is 4.57 Å². The molecule has 0 amide bonds. The van der Waals surface area contributed by atoms with Crippen molar-refractivity contribution in [1.29, 1.82) is 0 Å². The molecule has 33 heavy (non-hydrogen) atoms. The van der Waals surface area contributed by atoms with Crippen LogP contribution in [0.15, 0.2) is 0 Å². The van der Waals surface area contributed by atoms with Gasteiger partial charge in [-0.15, -0.1) is 0 Å². The Kier molecular flexibility index (Phi) is 22.0. The minimum Gasteiger partial charge on any atom is -0.338 e. The third-order valence-corrected chi connectivity index (χ3v) is 7.11. The van der Waals surface area contributed by atoms with Gasteiger partial charge < -0.3 is 14.6 Å². The SMILES string of the molecule is CCCCCCCCCCCCCCCCCC(COP(=O)(O)OCC[NH+](C)C)CC(C)=O. The van der Waals surface area contributed by atoms with E-state index < -0.39 is 7.82 Å². The largest absolute Gasteiger partial charge is 0.472 e. The van der Waals surface area contributed by atoms with Crippen molar-refractivity contribution in [3.8, 4) is 0 Å².